The molecule has 0 aromatic heterocycles. The zero-order valence-electron chi connectivity index (χ0n) is 10.3. The number of halogens is 1. The van der Waals surface area contributed by atoms with Gasteiger partial charge in [0, 0.05) is 19.2 Å². The summed E-state index contributed by atoms with van der Waals surface area (Å²) in [5.41, 5.74) is 0.888. The number of anilines is 1. The fourth-order valence-electron chi connectivity index (χ4n) is 2.58. The number of aliphatic hydroxyl groups excluding tert-OH is 1. The Labute approximate surface area is 106 Å². The first-order chi connectivity index (χ1) is 8.76. The van der Waals surface area contributed by atoms with Gasteiger partial charge in [-0.25, -0.2) is 4.39 Å². The van der Waals surface area contributed by atoms with E-state index in [2.05, 4.69) is 0 Å². The predicted octanol–water partition coefficient (Wildman–Crippen LogP) is 2.44. The SMILES string of the molecule is N#Cc1ccc(N2CCCCC2CCO)c(F)c1. The monoisotopic (exact) mass is 248 g/mol. The number of benzene rings is 1. The normalized spacial score (nSPS) is 19.6. The lowest BCUT2D eigenvalue weighted by atomic mass is 9.98. The highest BCUT2D eigenvalue weighted by molar-refractivity contribution is 5.52. The van der Waals surface area contributed by atoms with E-state index in [1.54, 1.807) is 12.1 Å². The maximum Gasteiger partial charge on any atom is 0.147 e. The number of piperidine rings is 1. The molecule has 1 N–H and O–H groups in total. The fraction of sp³-hybridized carbons (Fsp3) is 0.500. The van der Waals surface area contributed by atoms with Crippen LogP contribution >= 0.6 is 0 Å². The van der Waals surface area contributed by atoms with Crippen molar-refractivity contribution in [2.75, 3.05) is 18.1 Å². The topological polar surface area (TPSA) is 47.3 Å². The van der Waals surface area contributed by atoms with Crippen LogP contribution in [0.5, 0.6) is 0 Å². The maximum absolute atomic E-state index is 14.0. The highest BCUT2D eigenvalue weighted by Gasteiger charge is 2.24. The Morgan fingerprint density at radius 2 is 2.28 bits per heavy atom. The first kappa shape index (κ1) is 12.8. The molecule has 1 aliphatic rings. The van der Waals surface area contributed by atoms with Gasteiger partial charge < -0.3 is 10.0 Å². The van der Waals surface area contributed by atoms with E-state index in [1.807, 2.05) is 11.0 Å². The first-order valence-electron chi connectivity index (χ1n) is 6.33. The number of nitriles is 1. The lowest BCUT2D eigenvalue weighted by Gasteiger charge is -2.37. The average molecular weight is 248 g/mol. The molecule has 4 heteroatoms. The summed E-state index contributed by atoms with van der Waals surface area (Å²) in [5, 5.41) is 17.8. The van der Waals surface area contributed by atoms with Crippen molar-refractivity contribution in [3.8, 4) is 6.07 Å². The molecular weight excluding hydrogens is 231 g/mol. The predicted molar refractivity (Wildman–Crippen MR) is 67.8 cm³/mol. The maximum atomic E-state index is 14.0. The van der Waals surface area contributed by atoms with E-state index in [0.717, 1.165) is 25.8 Å². The number of hydrogen-bond donors (Lipinski definition) is 1. The molecule has 1 fully saturated rings. The Bertz CT molecular complexity index is 454. The van der Waals surface area contributed by atoms with Crippen LogP contribution in [0.4, 0.5) is 10.1 Å². The molecule has 3 nitrogen and oxygen atoms in total. The third-order valence-electron chi connectivity index (χ3n) is 3.48. The summed E-state index contributed by atoms with van der Waals surface area (Å²) >= 11 is 0. The van der Waals surface area contributed by atoms with Crippen LogP contribution in [0.2, 0.25) is 0 Å². The number of rotatable bonds is 3. The third-order valence-corrected chi connectivity index (χ3v) is 3.48. The van der Waals surface area contributed by atoms with Crippen LogP contribution in [0.25, 0.3) is 0 Å². The summed E-state index contributed by atoms with van der Waals surface area (Å²) in [6.07, 6.45) is 3.82. The number of nitrogens with zero attached hydrogens (tertiary/aromatic N) is 2. The van der Waals surface area contributed by atoms with E-state index in [9.17, 15) is 4.39 Å². The van der Waals surface area contributed by atoms with Crippen LogP contribution in [0, 0.1) is 17.1 Å². The molecule has 1 aromatic carbocycles. The van der Waals surface area contributed by atoms with Gasteiger partial charge in [-0.2, -0.15) is 5.26 Å². The first-order valence-corrected chi connectivity index (χ1v) is 6.33. The zero-order valence-corrected chi connectivity index (χ0v) is 10.3. The molecule has 96 valence electrons. The minimum absolute atomic E-state index is 0.124. The van der Waals surface area contributed by atoms with Gasteiger partial charge in [-0.3, -0.25) is 0 Å². The summed E-state index contributed by atoms with van der Waals surface area (Å²) in [7, 11) is 0. The van der Waals surface area contributed by atoms with Crippen LogP contribution in [0.3, 0.4) is 0 Å². The standard InChI is InChI=1S/C14H17FN2O/c15-13-9-11(10-16)4-5-14(13)17-7-2-1-3-12(17)6-8-18/h4-5,9,12,18H,1-3,6-8H2. The minimum Gasteiger partial charge on any atom is -0.396 e. The molecule has 0 radical (unpaired) electrons. The second-order valence-electron chi connectivity index (χ2n) is 4.63. The van der Waals surface area contributed by atoms with Crippen LogP contribution < -0.4 is 4.90 Å². The van der Waals surface area contributed by atoms with Crippen molar-refractivity contribution >= 4 is 5.69 Å². The van der Waals surface area contributed by atoms with Gasteiger partial charge in [-0.05, 0) is 43.9 Å². The van der Waals surface area contributed by atoms with E-state index in [4.69, 9.17) is 10.4 Å². The fourth-order valence-corrected chi connectivity index (χ4v) is 2.58. The Morgan fingerprint density at radius 1 is 1.44 bits per heavy atom. The number of hydrogen-bond acceptors (Lipinski definition) is 3. The molecule has 2 rings (SSSR count). The average Bonchev–Trinajstić information content (AvgIpc) is 2.40. The lowest BCUT2D eigenvalue weighted by Crippen LogP contribution is -2.40. The Hall–Kier alpha value is -1.60. The molecule has 18 heavy (non-hydrogen) atoms. The van der Waals surface area contributed by atoms with Gasteiger partial charge in [0.15, 0.2) is 0 Å². The van der Waals surface area contributed by atoms with Crippen LogP contribution in [0.15, 0.2) is 18.2 Å². The zero-order chi connectivity index (χ0) is 13.0. The molecule has 1 saturated heterocycles. The minimum atomic E-state index is -0.348. The molecule has 0 amide bonds. The smallest absolute Gasteiger partial charge is 0.147 e. The van der Waals surface area contributed by atoms with Gasteiger partial charge in [0.25, 0.3) is 0 Å². The molecule has 0 bridgehead atoms. The molecule has 0 spiro atoms. The van der Waals surface area contributed by atoms with E-state index in [-0.39, 0.29) is 18.5 Å². The molecule has 0 saturated carbocycles. The molecule has 1 aromatic rings. The van der Waals surface area contributed by atoms with E-state index in [0.29, 0.717) is 17.7 Å². The molecule has 1 heterocycles. The summed E-state index contributed by atoms with van der Waals surface area (Å²) in [4.78, 5) is 2.02. The highest BCUT2D eigenvalue weighted by Crippen LogP contribution is 2.29. The van der Waals surface area contributed by atoms with Crippen molar-refractivity contribution in [1.29, 1.82) is 5.26 Å². The molecule has 0 aliphatic carbocycles. The van der Waals surface area contributed by atoms with Crippen molar-refractivity contribution in [3.63, 3.8) is 0 Å². The van der Waals surface area contributed by atoms with E-state index >= 15 is 0 Å². The quantitative estimate of drug-likeness (QED) is 0.893. The van der Waals surface area contributed by atoms with Gasteiger partial charge >= 0.3 is 0 Å². The molecule has 1 atom stereocenters. The van der Waals surface area contributed by atoms with Gasteiger partial charge in [-0.1, -0.05) is 0 Å². The summed E-state index contributed by atoms with van der Waals surface area (Å²) in [6.45, 7) is 0.937. The molecule has 1 aliphatic heterocycles. The molecule has 1 unspecified atom stereocenters. The Balaban J connectivity index is 2.25. The van der Waals surface area contributed by atoms with Crippen molar-refractivity contribution in [1.82, 2.24) is 0 Å². The third kappa shape index (κ3) is 2.62. The van der Waals surface area contributed by atoms with Crippen molar-refractivity contribution < 1.29 is 9.50 Å². The van der Waals surface area contributed by atoms with Crippen molar-refractivity contribution in [2.24, 2.45) is 0 Å². The van der Waals surface area contributed by atoms with Gasteiger partial charge in [-0.15, -0.1) is 0 Å². The van der Waals surface area contributed by atoms with Crippen molar-refractivity contribution in [3.05, 3.63) is 29.6 Å². The highest BCUT2D eigenvalue weighted by atomic mass is 19.1. The van der Waals surface area contributed by atoms with Gasteiger partial charge in [0.1, 0.15) is 5.82 Å². The van der Waals surface area contributed by atoms with Gasteiger partial charge in [0.05, 0.1) is 17.3 Å². The van der Waals surface area contributed by atoms with Crippen LogP contribution in [-0.2, 0) is 0 Å². The summed E-state index contributed by atoms with van der Waals surface area (Å²) in [6, 6.07) is 6.73. The van der Waals surface area contributed by atoms with Crippen molar-refractivity contribution in [2.45, 2.75) is 31.7 Å². The second kappa shape index (κ2) is 5.83. The second-order valence-corrected chi connectivity index (χ2v) is 4.63. The molecular formula is C14H17FN2O. The summed E-state index contributed by atoms with van der Waals surface area (Å²) < 4.78 is 14.0. The van der Waals surface area contributed by atoms with Crippen LogP contribution in [0.1, 0.15) is 31.2 Å². The summed E-state index contributed by atoms with van der Waals surface area (Å²) in [5.74, 6) is -0.348. The van der Waals surface area contributed by atoms with E-state index in [1.165, 1.54) is 6.07 Å². The number of aliphatic hydroxyl groups is 1. The van der Waals surface area contributed by atoms with Crippen LogP contribution in [-0.4, -0.2) is 24.3 Å². The largest absolute Gasteiger partial charge is 0.396 e. The van der Waals surface area contributed by atoms with Gasteiger partial charge in [0.2, 0.25) is 0 Å². The Morgan fingerprint density at radius 3 is 2.94 bits per heavy atom. The Kier molecular flexibility index (Phi) is 4.16. The van der Waals surface area contributed by atoms with E-state index < -0.39 is 0 Å². The lowest BCUT2D eigenvalue weighted by molar-refractivity contribution is 0.262.